The van der Waals surface area contributed by atoms with Crippen LogP contribution in [0.15, 0.2) is 0 Å². The molecule has 0 radical (unpaired) electrons. The van der Waals surface area contributed by atoms with Crippen molar-refractivity contribution in [3.8, 4) is 0 Å². The Balaban J connectivity index is 3.53. The van der Waals surface area contributed by atoms with E-state index in [4.69, 9.17) is 4.43 Å². The van der Waals surface area contributed by atoms with Gasteiger partial charge in [-0.15, -0.1) is 0 Å². The van der Waals surface area contributed by atoms with Gasteiger partial charge in [0.2, 0.25) is 0 Å². The zero-order valence-corrected chi connectivity index (χ0v) is 12.4. The lowest BCUT2D eigenvalue weighted by Gasteiger charge is -2.25. The monoisotopic (exact) mass is 230 g/mol. The van der Waals surface area contributed by atoms with Crippen molar-refractivity contribution in [1.29, 1.82) is 0 Å². The molecule has 0 fully saturated rings. The van der Waals surface area contributed by atoms with E-state index < -0.39 is 8.32 Å². The first-order chi connectivity index (χ1) is 6.99. The maximum absolute atomic E-state index is 6.13. The van der Waals surface area contributed by atoms with E-state index in [0.29, 0.717) is 6.10 Å². The Kier molecular flexibility index (Phi) is 8.44. The third-order valence-electron chi connectivity index (χ3n) is 2.61. The minimum atomic E-state index is -1.32. The summed E-state index contributed by atoms with van der Waals surface area (Å²) < 4.78 is 6.13. The van der Waals surface area contributed by atoms with Crippen LogP contribution >= 0.6 is 0 Å². The van der Waals surface area contributed by atoms with Gasteiger partial charge in [0.15, 0.2) is 8.32 Å². The highest BCUT2D eigenvalue weighted by Gasteiger charge is 2.19. The molecule has 0 aliphatic rings. The molecule has 1 atom stereocenters. The van der Waals surface area contributed by atoms with E-state index in [1.807, 2.05) is 0 Å². The standard InChI is InChI=1S/C13H30OSi/c1-6-8-9-10-11-12-13(7-2)14-15(3,4)5/h13H,6-12H2,1-5H3. The Morgan fingerprint density at radius 2 is 1.53 bits per heavy atom. The molecule has 0 amide bonds. The molecule has 0 aromatic rings. The fourth-order valence-electron chi connectivity index (χ4n) is 1.82. The maximum atomic E-state index is 6.13. The molecular formula is C13H30OSi. The van der Waals surface area contributed by atoms with Crippen molar-refractivity contribution in [2.75, 3.05) is 0 Å². The van der Waals surface area contributed by atoms with Gasteiger partial charge in [-0.3, -0.25) is 0 Å². The molecule has 15 heavy (non-hydrogen) atoms. The fraction of sp³-hybridized carbons (Fsp3) is 1.00. The summed E-state index contributed by atoms with van der Waals surface area (Å²) in [4.78, 5) is 0. The highest BCUT2D eigenvalue weighted by Crippen LogP contribution is 2.16. The van der Waals surface area contributed by atoms with E-state index in [2.05, 4.69) is 33.5 Å². The average Bonchev–Trinajstić information content (AvgIpc) is 2.14. The second kappa shape index (κ2) is 8.34. The molecule has 92 valence electrons. The summed E-state index contributed by atoms with van der Waals surface area (Å²) in [5.74, 6) is 0. The van der Waals surface area contributed by atoms with Gasteiger partial charge in [-0.25, -0.2) is 0 Å². The summed E-state index contributed by atoms with van der Waals surface area (Å²) in [5.41, 5.74) is 0. The van der Waals surface area contributed by atoms with Gasteiger partial charge in [0, 0.05) is 6.10 Å². The molecule has 0 bridgehead atoms. The SMILES string of the molecule is CCCCCCCC(CC)O[Si](C)(C)C. The van der Waals surface area contributed by atoms with Crippen molar-refractivity contribution in [1.82, 2.24) is 0 Å². The van der Waals surface area contributed by atoms with E-state index >= 15 is 0 Å². The van der Waals surface area contributed by atoms with Gasteiger partial charge in [-0.1, -0.05) is 46.0 Å². The van der Waals surface area contributed by atoms with Gasteiger partial charge in [0.1, 0.15) is 0 Å². The maximum Gasteiger partial charge on any atom is 0.184 e. The predicted molar refractivity (Wildman–Crippen MR) is 71.9 cm³/mol. The fourth-order valence-corrected chi connectivity index (χ4v) is 3.11. The van der Waals surface area contributed by atoms with Crippen LogP contribution in [0.1, 0.15) is 58.8 Å². The van der Waals surface area contributed by atoms with Crippen LogP contribution in [0.25, 0.3) is 0 Å². The smallest absolute Gasteiger partial charge is 0.184 e. The van der Waals surface area contributed by atoms with Crippen molar-refractivity contribution in [2.24, 2.45) is 0 Å². The Hall–Kier alpha value is 0.177. The molecule has 2 heteroatoms. The van der Waals surface area contributed by atoms with Crippen molar-refractivity contribution >= 4 is 8.32 Å². The molecule has 0 aromatic carbocycles. The zero-order valence-electron chi connectivity index (χ0n) is 11.4. The van der Waals surface area contributed by atoms with Crippen LogP contribution in [0.3, 0.4) is 0 Å². The van der Waals surface area contributed by atoms with Crippen LogP contribution < -0.4 is 0 Å². The first-order valence-corrected chi connectivity index (χ1v) is 10.1. The van der Waals surface area contributed by atoms with Gasteiger partial charge in [0.05, 0.1) is 0 Å². The molecule has 1 unspecified atom stereocenters. The number of rotatable bonds is 9. The Morgan fingerprint density at radius 3 is 2.00 bits per heavy atom. The van der Waals surface area contributed by atoms with Crippen LogP contribution in [-0.2, 0) is 4.43 Å². The summed E-state index contributed by atoms with van der Waals surface area (Å²) >= 11 is 0. The molecule has 0 rings (SSSR count). The quantitative estimate of drug-likeness (QED) is 0.401. The lowest BCUT2D eigenvalue weighted by Crippen LogP contribution is -2.31. The third kappa shape index (κ3) is 10.5. The van der Waals surface area contributed by atoms with Crippen molar-refractivity contribution in [3.05, 3.63) is 0 Å². The molecule has 0 heterocycles. The van der Waals surface area contributed by atoms with Crippen LogP contribution in [0, 0.1) is 0 Å². The van der Waals surface area contributed by atoms with E-state index in [1.165, 1.54) is 44.9 Å². The molecule has 0 saturated heterocycles. The first kappa shape index (κ1) is 15.2. The molecule has 0 N–H and O–H groups in total. The Labute approximate surface area is 97.7 Å². The van der Waals surface area contributed by atoms with E-state index in [1.54, 1.807) is 0 Å². The topological polar surface area (TPSA) is 9.23 Å². The van der Waals surface area contributed by atoms with Gasteiger partial charge in [0.25, 0.3) is 0 Å². The molecule has 1 nitrogen and oxygen atoms in total. The molecule has 0 aliphatic carbocycles. The van der Waals surface area contributed by atoms with Crippen LogP contribution in [0.4, 0.5) is 0 Å². The summed E-state index contributed by atoms with van der Waals surface area (Å²) in [6, 6.07) is 0. The summed E-state index contributed by atoms with van der Waals surface area (Å²) in [7, 11) is -1.32. The first-order valence-electron chi connectivity index (χ1n) is 6.67. The second-order valence-electron chi connectivity index (χ2n) is 5.46. The van der Waals surface area contributed by atoms with Crippen molar-refractivity contribution < 1.29 is 4.43 Å². The van der Waals surface area contributed by atoms with E-state index in [0.717, 1.165) is 0 Å². The third-order valence-corrected chi connectivity index (χ3v) is 3.65. The van der Waals surface area contributed by atoms with Gasteiger partial charge in [-0.2, -0.15) is 0 Å². The van der Waals surface area contributed by atoms with E-state index in [-0.39, 0.29) is 0 Å². The van der Waals surface area contributed by atoms with Gasteiger partial charge < -0.3 is 4.43 Å². The van der Waals surface area contributed by atoms with Gasteiger partial charge in [-0.05, 0) is 32.5 Å². The predicted octanol–water partition coefficient (Wildman–Crippen LogP) is 4.98. The summed E-state index contributed by atoms with van der Waals surface area (Å²) in [5, 5.41) is 0. The van der Waals surface area contributed by atoms with Crippen LogP contribution in [0.5, 0.6) is 0 Å². The minimum absolute atomic E-state index is 0.526. The second-order valence-corrected chi connectivity index (χ2v) is 9.92. The number of hydrogen-bond donors (Lipinski definition) is 0. The zero-order chi connectivity index (χ0) is 11.7. The minimum Gasteiger partial charge on any atom is -0.415 e. The Morgan fingerprint density at radius 1 is 0.933 bits per heavy atom. The highest BCUT2D eigenvalue weighted by atomic mass is 28.4. The summed E-state index contributed by atoms with van der Waals surface area (Å²) in [6.45, 7) is 11.4. The highest BCUT2D eigenvalue weighted by molar-refractivity contribution is 6.69. The van der Waals surface area contributed by atoms with Crippen LogP contribution in [0.2, 0.25) is 19.6 Å². The lowest BCUT2D eigenvalue weighted by atomic mass is 10.1. The number of hydrogen-bond acceptors (Lipinski definition) is 1. The number of unbranched alkanes of at least 4 members (excludes halogenated alkanes) is 4. The molecule has 0 aromatic heterocycles. The summed E-state index contributed by atoms with van der Waals surface area (Å²) in [6.07, 6.45) is 9.84. The lowest BCUT2D eigenvalue weighted by molar-refractivity contribution is 0.175. The normalized spacial score (nSPS) is 14.2. The van der Waals surface area contributed by atoms with Crippen LogP contribution in [-0.4, -0.2) is 14.4 Å². The van der Waals surface area contributed by atoms with Crippen molar-refractivity contribution in [2.45, 2.75) is 84.5 Å². The molecule has 0 aliphatic heterocycles. The average molecular weight is 230 g/mol. The van der Waals surface area contributed by atoms with E-state index in [9.17, 15) is 0 Å². The van der Waals surface area contributed by atoms with Crippen molar-refractivity contribution in [3.63, 3.8) is 0 Å². The largest absolute Gasteiger partial charge is 0.415 e. The molecule has 0 spiro atoms. The van der Waals surface area contributed by atoms with Gasteiger partial charge >= 0.3 is 0 Å². The molecule has 0 saturated carbocycles. The Bertz CT molecular complexity index is 140. The molecular weight excluding hydrogens is 200 g/mol.